The predicted molar refractivity (Wildman–Crippen MR) is 76.0 cm³/mol. The largest absolute Gasteiger partial charge is 0.271 e. The first-order valence-electron chi connectivity index (χ1n) is 5.78. The number of hydrogen-bond acceptors (Lipinski definition) is 4. The second-order valence-corrected chi connectivity index (χ2v) is 5.07. The highest BCUT2D eigenvalue weighted by atomic mass is 35.5. The van der Waals surface area contributed by atoms with Crippen LogP contribution in [0.1, 0.15) is 23.0 Å². The molecular weight excluding hydrogens is 285 g/mol. The van der Waals surface area contributed by atoms with Crippen LogP contribution in [0.3, 0.4) is 0 Å². The van der Waals surface area contributed by atoms with Gasteiger partial charge in [0.1, 0.15) is 5.15 Å². The molecule has 102 valence electrons. The summed E-state index contributed by atoms with van der Waals surface area (Å²) < 4.78 is 1.77. The average Bonchev–Trinajstić information content (AvgIpc) is 2.61. The molecule has 0 aliphatic rings. The van der Waals surface area contributed by atoms with E-state index in [0.29, 0.717) is 16.6 Å². The summed E-state index contributed by atoms with van der Waals surface area (Å²) in [5.74, 6) is 5.62. The molecule has 0 bridgehead atoms. The lowest BCUT2D eigenvalue weighted by Crippen LogP contribution is -2.30. The number of nitrogens with one attached hydrogen (secondary N) is 1. The molecule has 0 saturated heterocycles. The average molecular weight is 300 g/mol. The molecule has 2 aromatic heterocycles. The molecule has 0 fully saturated rings. The monoisotopic (exact) mass is 299 g/mol. The first kappa shape index (κ1) is 14.3. The van der Waals surface area contributed by atoms with E-state index in [4.69, 9.17) is 29.0 Å². The topological polar surface area (TPSA) is 68.8 Å². The van der Waals surface area contributed by atoms with Crippen LogP contribution in [-0.4, -0.2) is 14.8 Å². The number of aromatic nitrogens is 3. The number of aryl methyl sites for hydroxylation is 2. The van der Waals surface area contributed by atoms with Crippen LogP contribution in [0.15, 0.2) is 18.3 Å². The number of nitrogens with zero attached hydrogens (tertiary/aromatic N) is 3. The molecule has 1 unspecified atom stereocenters. The normalized spacial score (nSPS) is 12.7. The molecule has 19 heavy (non-hydrogen) atoms. The first-order chi connectivity index (χ1) is 9.02. The first-order valence-corrected chi connectivity index (χ1v) is 6.54. The van der Waals surface area contributed by atoms with Crippen LogP contribution in [-0.2, 0) is 13.5 Å². The Bertz CT molecular complexity index is 581. The van der Waals surface area contributed by atoms with E-state index in [0.717, 1.165) is 17.0 Å². The highest BCUT2D eigenvalue weighted by molar-refractivity contribution is 6.31. The zero-order chi connectivity index (χ0) is 14.0. The molecular formula is C12H15Cl2N5. The zero-order valence-electron chi connectivity index (χ0n) is 10.7. The van der Waals surface area contributed by atoms with E-state index in [-0.39, 0.29) is 6.04 Å². The fourth-order valence-corrected chi connectivity index (χ4v) is 2.42. The van der Waals surface area contributed by atoms with Gasteiger partial charge in [0.05, 0.1) is 22.5 Å². The molecule has 3 N–H and O–H groups in total. The van der Waals surface area contributed by atoms with Gasteiger partial charge in [-0.15, -0.1) is 0 Å². The van der Waals surface area contributed by atoms with E-state index in [9.17, 15) is 0 Å². The van der Waals surface area contributed by atoms with Crippen LogP contribution < -0.4 is 11.3 Å². The maximum atomic E-state index is 6.24. The Labute approximate surface area is 121 Å². The molecule has 2 rings (SSSR count). The van der Waals surface area contributed by atoms with Crippen molar-refractivity contribution in [3.8, 4) is 0 Å². The lowest BCUT2D eigenvalue weighted by atomic mass is 10.0. The van der Waals surface area contributed by atoms with Crippen molar-refractivity contribution in [2.24, 2.45) is 12.9 Å². The number of rotatable bonds is 4. The van der Waals surface area contributed by atoms with Crippen LogP contribution in [0.2, 0.25) is 10.2 Å². The summed E-state index contributed by atoms with van der Waals surface area (Å²) in [6.07, 6.45) is 2.27. The van der Waals surface area contributed by atoms with E-state index >= 15 is 0 Å². The van der Waals surface area contributed by atoms with Gasteiger partial charge in [0.2, 0.25) is 0 Å². The molecule has 0 saturated carbocycles. The third kappa shape index (κ3) is 3.06. The maximum absolute atomic E-state index is 6.24. The van der Waals surface area contributed by atoms with Crippen LogP contribution >= 0.6 is 23.2 Å². The Morgan fingerprint density at radius 2 is 2.21 bits per heavy atom. The Hall–Kier alpha value is -1.14. The second-order valence-electron chi connectivity index (χ2n) is 4.30. The minimum absolute atomic E-state index is 0.104. The van der Waals surface area contributed by atoms with Crippen molar-refractivity contribution in [3.05, 3.63) is 45.5 Å². The Morgan fingerprint density at radius 1 is 1.47 bits per heavy atom. The summed E-state index contributed by atoms with van der Waals surface area (Å²) in [6, 6.07) is 3.55. The van der Waals surface area contributed by atoms with Crippen LogP contribution in [0, 0.1) is 6.92 Å². The van der Waals surface area contributed by atoms with Gasteiger partial charge in [-0.1, -0.05) is 23.2 Å². The fourth-order valence-electron chi connectivity index (χ4n) is 2.00. The van der Waals surface area contributed by atoms with E-state index in [1.54, 1.807) is 16.9 Å². The molecule has 0 spiro atoms. The van der Waals surface area contributed by atoms with Crippen LogP contribution in [0.4, 0.5) is 0 Å². The highest BCUT2D eigenvalue weighted by Crippen LogP contribution is 2.25. The van der Waals surface area contributed by atoms with Crippen molar-refractivity contribution in [1.29, 1.82) is 0 Å². The van der Waals surface area contributed by atoms with Crippen LogP contribution in [0.5, 0.6) is 0 Å². The number of hydrogen-bond donors (Lipinski definition) is 2. The number of hydrazine groups is 1. The van der Waals surface area contributed by atoms with Crippen molar-refractivity contribution in [2.75, 3.05) is 0 Å². The standard InChI is InChI=1S/C12H15Cl2N5/c1-7-12(14)10(19(2)18-7)6-9(17-15)8-3-4-16-11(13)5-8/h3-5,9,17H,6,15H2,1-2H3. The molecule has 2 heterocycles. The Kier molecular flexibility index (Phi) is 4.42. The van der Waals surface area contributed by atoms with Gasteiger partial charge < -0.3 is 0 Å². The summed E-state index contributed by atoms with van der Waals surface area (Å²) in [5, 5.41) is 5.39. The van der Waals surface area contributed by atoms with Gasteiger partial charge >= 0.3 is 0 Å². The molecule has 2 aromatic rings. The van der Waals surface area contributed by atoms with E-state index in [1.165, 1.54) is 0 Å². The molecule has 1 atom stereocenters. The SMILES string of the molecule is Cc1nn(C)c(CC(NN)c2ccnc(Cl)c2)c1Cl. The van der Waals surface area contributed by atoms with Crippen molar-refractivity contribution in [3.63, 3.8) is 0 Å². The molecule has 7 heteroatoms. The maximum Gasteiger partial charge on any atom is 0.129 e. The third-order valence-corrected chi connectivity index (χ3v) is 3.71. The lowest BCUT2D eigenvalue weighted by Gasteiger charge is -2.16. The molecule has 0 aliphatic heterocycles. The molecule has 0 radical (unpaired) electrons. The van der Waals surface area contributed by atoms with Gasteiger partial charge in [-0.05, 0) is 24.6 Å². The Balaban J connectivity index is 2.29. The third-order valence-electron chi connectivity index (χ3n) is 3.01. The molecule has 0 amide bonds. The fraction of sp³-hybridized carbons (Fsp3) is 0.333. The van der Waals surface area contributed by atoms with E-state index in [1.807, 2.05) is 20.0 Å². The summed E-state index contributed by atoms with van der Waals surface area (Å²) in [6.45, 7) is 1.88. The van der Waals surface area contributed by atoms with Gasteiger partial charge in [0.25, 0.3) is 0 Å². The quantitative estimate of drug-likeness (QED) is 0.516. The molecule has 0 aromatic carbocycles. The van der Waals surface area contributed by atoms with Gasteiger partial charge in [0.15, 0.2) is 0 Å². The van der Waals surface area contributed by atoms with E-state index in [2.05, 4.69) is 15.5 Å². The summed E-state index contributed by atoms with van der Waals surface area (Å²) in [7, 11) is 1.86. The molecule has 5 nitrogen and oxygen atoms in total. The van der Waals surface area contributed by atoms with Crippen molar-refractivity contribution < 1.29 is 0 Å². The number of halogens is 2. The zero-order valence-corrected chi connectivity index (χ0v) is 12.2. The lowest BCUT2D eigenvalue weighted by molar-refractivity contribution is 0.529. The summed E-state index contributed by atoms with van der Waals surface area (Å²) in [5.41, 5.74) is 5.46. The van der Waals surface area contributed by atoms with Gasteiger partial charge in [-0.25, -0.2) is 4.98 Å². The Morgan fingerprint density at radius 3 is 2.74 bits per heavy atom. The van der Waals surface area contributed by atoms with Gasteiger partial charge in [0, 0.05) is 19.7 Å². The predicted octanol–water partition coefficient (Wildman–Crippen LogP) is 2.18. The van der Waals surface area contributed by atoms with E-state index < -0.39 is 0 Å². The minimum atomic E-state index is -0.104. The van der Waals surface area contributed by atoms with Crippen LogP contribution in [0.25, 0.3) is 0 Å². The highest BCUT2D eigenvalue weighted by Gasteiger charge is 2.18. The molecule has 0 aliphatic carbocycles. The van der Waals surface area contributed by atoms with Crippen molar-refractivity contribution >= 4 is 23.2 Å². The van der Waals surface area contributed by atoms with Crippen molar-refractivity contribution in [1.82, 2.24) is 20.2 Å². The second kappa shape index (κ2) is 5.88. The smallest absolute Gasteiger partial charge is 0.129 e. The van der Waals surface area contributed by atoms with Gasteiger partial charge in [-0.3, -0.25) is 16.0 Å². The number of nitrogens with two attached hydrogens (primary N) is 1. The summed E-state index contributed by atoms with van der Waals surface area (Å²) >= 11 is 12.1. The van der Waals surface area contributed by atoms with Crippen molar-refractivity contribution in [2.45, 2.75) is 19.4 Å². The summed E-state index contributed by atoms with van der Waals surface area (Å²) in [4.78, 5) is 3.96. The van der Waals surface area contributed by atoms with Gasteiger partial charge in [-0.2, -0.15) is 5.10 Å². The minimum Gasteiger partial charge on any atom is -0.271 e. The number of pyridine rings is 1.